The van der Waals surface area contributed by atoms with Gasteiger partial charge in [0.05, 0.1) is 40.9 Å². The minimum atomic E-state index is -1.80. The Labute approximate surface area is 217 Å². The van der Waals surface area contributed by atoms with Gasteiger partial charge in [-0.3, -0.25) is 24.3 Å². The van der Waals surface area contributed by atoms with E-state index in [0.29, 0.717) is 21.3 Å². The molecule has 186 valence electrons. The molecule has 4 rings (SSSR count). The van der Waals surface area contributed by atoms with Crippen LogP contribution in [-0.4, -0.2) is 34.1 Å². The van der Waals surface area contributed by atoms with Crippen molar-refractivity contribution in [3.63, 3.8) is 0 Å². The highest BCUT2D eigenvalue weighted by atomic mass is 35.5. The number of nitrogens with two attached hydrogens (primary N) is 1. The van der Waals surface area contributed by atoms with Gasteiger partial charge in [-0.25, -0.2) is 4.39 Å². The summed E-state index contributed by atoms with van der Waals surface area (Å²) in [5.41, 5.74) is 4.42. The van der Waals surface area contributed by atoms with Crippen LogP contribution < -0.4 is 5.73 Å². The van der Waals surface area contributed by atoms with E-state index in [1.54, 1.807) is 43.3 Å². The van der Waals surface area contributed by atoms with Gasteiger partial charge in [0.15, 0.2) is 11.5 Å². The molecule has 2 aromatic carbocycles. The molecule has 2 N–H and O–H groups in total. The fourth-order valence-corrected chi connectivity index (χ4v) is 4.37. The summed E-state index contributed by atoms with van der Waals surface area (Å²) in [5, 5.41) is 0.824. The van der Waals surface area contributed by atoms with Crippen molar-refractivity contribution in [3.05, 3.63) is 98.5 Å². The Balaban J connectivity index is 1.98. The standard InChI is InChI=1S/C26H22Cl2FN3O4/c1-14(24(30)34)13-36-26(17-3-5-18(27)6-4-17)23-21(9-16(15(2)33)10-22(23)29)25(35)32(26)12-20-8-7-19(28)11-31-20/h3-11,14H,12-13H2,1-2H3,(H2,30,34)/t14-,26?/m1/s1. The monoisotopic (exact) mass is 529 g/mol. The molecule has 0 spiro atoms. The third kappa shape index (κ3) is 4.59. The van der Waals surface area contributed by atoms with E-state index in [2.05, 4.69) is 4.98 Å². The van der Waals surface area contributed by atoms with Gasteiger partial charge >= 0.3 is 0 Å². The third-order valence-electron chi connectivity index (χ3n) is 6.06. The molecule has 0 radical (unpaired) electrons. The number of hydrogen-bond acceptors (Lipinski definition) is 5. The molecule has 0 bridgehead atoms. The second-order valence-corrected chi connectivity index (χ2v) is 9.43. The fraction of sp³-hybridized carbons (Fsp3) is 0.231. The molecule has 0 saturated carbocycles. The number of primary amides is 1. The zero-order valence-corrected chi connectivity index (χ0v) is 20.9. The Hall–Kier alpha value is -3.33. The van der Waals surface area contributed by atoms with Gasteiger partial charge in [0.25, 0.3) is 5.91 Å². The molecule has 7 nitrogen and oxygen atoms in total. The molecule has 0 saturated heterocycles. The van der Waals surface area contributed by atoms with Crippen molar-refractivity contribution in [1.82, 2.24) is 9.88 Å². The number of pyridine rings is 1. The van der Waals surface area contributed by atoms with Gasteiger partial charge in [-0.15, -0.1) is 0 Å². The molecule has 10 heteroatoms. The zero-order valence-electron chi connectivity index (χ0n) is 19.4. The van der Waals surface area contributed by atoms with E-state index in [9.17, 15) is 14.4 Å². The number of carbonyl (C=O) groups is 3. The summed E-state index contributed by atoms with van der Waals surface area (Å²) in [7, 11) is 0. The van der Waals surface area contributed by atoms with E-state index in [0.717, 1.165) is 6.07 Å². The van der Waals surface area contributed by atoms with Crippen LogP contribution >= 0.6 is 23.2 Å². The molecule has 2 heterocycles. The number of benzene rings is 2. The van der Waals surface area contributed by atoms with Crippen molar-refractivity contribution in [1.29, 1.82) is 0 Å². The van der Waals surface area contributed by atoms with Crippen molar-refractivity contribution >= 4 is 40.8 Å². The highest BCUT2D eigenvalue weighted by Gasteiger charge is 2.54. The number of nitrogens with zero attached hydrogens (tertiary/aromatic N) is 2. The number of Topliss-reactive ketones (excluding diaryl/α,β-unsaturated/α-hetero) is 1. The second kappa shape index (κ2) is 9.97. The summed E-state index contributed by atoms with van der Waals surface area (Å²) in [6.45, 7) is 2.54. The lowest BCUT2D eigenvalue weighted by molar-refractivity contribution is -0.138. The first-order valence-corrected chi connectivity index (χ1v) is 11.8. The number of ether oxygens (including phenoxy) is 1. The van der Waals surface area contributed by atoms with E-state index >= 15 is 4.39 Å². The van der Waals surface area contributed by atoms with E-state index in [4.69, 9.17) is 33.7 Å². The maximum atomic E-state index is 15.8. The highest BCUT2D eigenvalue weighted by Crippen LogP contribution is 2.48. The molecule has 3 aromatic rings. The summed E-state index contributed by atoms with van der Waals surface area (Å²) in [4.78, 5) is 43.3. The van der Waals surface area contributed by atoms with Crippen LogP contribution in [0.3, 0.4) is 0 Å². The van der Waals surface area contributed by atoms with E-state index in [1.165, 1.54) is 24.1 Å². The summed E-state index contributed by atoms with van der Waals surface area (Å²) in [5.74, 6) is -3.15. The molecule has 0 aliphatic carbocycles. The van der Waals surface area contributed by atoms with Gasteiger partial charge in [0.1, 0.15) is 5.82 Å². The first-order valence-electron chi connectivity index (χ1n) is 11.0. The minimum absolute atomic E-state index is 0.0316. The van der Waals surface area contributed by atoms with E-state index < -0.39 is 35.1 Å². The topological polar surface area (TPSA) is 103 Å². The van der Waals surface area contributed by atoms with Crippen molar-refractivity contribution in [2.24, 2.45) is 11.7 Å². The third-order valence-corrected chi connectivity index (χ3v) is 6.54. The van der Waals surface area contributed by atoms with Gasteiger partial charge in [-0.2, -0.15) is 0 Å². The van der Waals surface area contributed by atoms with E-state index in [-0.39, 0.29) is 29.8 Å². The Morgan fingerprint density at radius 2 is 1.81 bits per heavy atom. The molecule has 1 aromatic heterocycles. The van der Waals surface area contributed by atoms with Crippen LogP contribution in [0.2, 0.25) is 10.0 Å². The molecule has 2 atom stereocenters. The lowest BCUT2D eigenvalue weighted by Crippen LogP contribution is -2.48. The lowest BCUT2D eigenvalue weighted by atomic mass is 9.91. The summed E-state index contributed by atoms with van der Waals surface area (Å²) in [6, 6.07) is 12.1. The zero-order chi connectivity index (χ0) is 26.2. The number of rotatable bonds is 8. The normalized spacial score (nSPS) is 17.7. The first-order chi connectivity index (χ1) is 17.0. The van der Waals surface area contributed by atoms with Crippen molar-refractivity contribution in [2.75, 3.05) is 6.61 Å². The lowest BCUT2D eigenvalue weighted by Gasteiger charge is -2.40. The van der Waals surface area contributed by atoms with Crippen LogP contribution in [-0.2, 0) is 21.8 Å². The van der Waals surface area contributed by atoms with Crippen LogP contribution in [0.4, 0.5) is 4.39 Å². The Kier molecular flexibility index (Phi) is 7.13. The molecule has 1 aliphatic rings. The molecular formula is C26H22Cl2FN3O4. The number of ketones is 1. The Morgan fingerprint density at radius 3 is 2.39 bits per heavy atom. The number of fused-ring (bicyclic) bond motifs is 1. The van der Waals surface area contributed by atoms with Crippen molar-refractivity contribution < 1.29 is 23.5 Å². The van der Waals surface area contributed by atoms with Crippen molar-refractivity contribution in [3.8, 4) is 0 Å². The van der Waals surface area contributed by atoms with Gasteiger partial charge in [-0.05, 0) is 43.3 Å². The second-order valence-electron chi connectivity index (χ2n) is 8.56. The number of hydrogen-bond donors (Lipinski definition) is 1. The smallest absolute Gasteiger partial charge is 0.257 e. The van der Waals surface area contributed by atoms with Crippen molar-refractivity contribution in [2.45, 2.75) is 26.1 Å². The average molecular weight is 530 g/mol. The molecule has 1 unspecified atom stereocenters. The number of halogens is 3. The highest BCUT2D eigenvalue weighted by molar-refractivity contribution is 6.30. The summed E-state index contributed by atoms with van der Waals surface area (Å²) < 4.78 is 22.1. The van der Waals surface area contributed by atoms with Crippen LogP contribution in [0.25, 0.3) is 0 Å². The van der Waals surface area contributed by atoms with Crippen LogP contribution in [0, 0.1) is 11.7 Å². The largest absolute Gasteiger partial charge is 0.369 e. The Bertz CT molecular complexity index is 1350. The quantitative estimate of drug-likeness (QED) is 0.425. The minimum Gasteiger partial charge on any atom is -0.369 e. The SMILES string of the molecule is CC(=O)c1cc(F)c2c(c1)C(=O)N(Cc1ccc(Cl)cn1)C2(OC[C@@H](C)C(N)=O)c1ccc(Cl)cc1. The van der Waals surface area contributed by atoms with Gasteiger partial charge in [0, 0.05) is 22.3 Å². The van der Waals surface area contributed by atoms with Crippen LogP contribution in [0.1, 0.15) is 51.4 Å². The number of amides is 2. The number of aromatic nitrogens is 1. The summed E-state index contributed by atoms with van der Waals surface area (Å²) >= 11 is 12.1. The van der Waals surface area contributed by atoms with Gasteiger partial charge in [-0.1, -0.05) is 42.3 Å². The molecular weight excluding hydrogens is 508 g/mol. The maximum absolute atomic E-state index is 15.8. The number of carbonyl (C=O) groups excluding carboxylic acids is 3. The predicted octanol–water partition coefficient (Wildman–Crippen LogP) is 4.73. The van der Waals surface area contributed by atoms with Crippen LogP contribution in [0.15, 0.2) is 54.7 Å². The van der Waals surface area contributed by atoms with E-state index in [1.807, 2.05) is 0 Å². The maximum Gasteiger partial charge on any atom is 0.257 e. The molecule has 36 heavy (non-hydrogen) atoms. The fourth-order valence-electron chi connectivity index (χ4n) is 4.13. The Morgan fingerprint density at radius 1 is 1.14 bits per heavy atom. The van der Waals surface area contributed by atoms with Gasteiger partial charge in [0.2, 0.25) is 5.91 Å². The summed E-state index contributed by atoms with van der Waals surface area (Å²) in [6.07, 6.45) is 1.43. The van der Waals surface area contributed by atoms with Crippen LogP contribution in [0.5, 0.6) is 0 Å². The van der Waals surface area contributed by atoms with Gasteiger partial charge < -0.3 is 10.5 Å². The average Bonchev–Trinajstić information content (AvgIpc) is 3.08. The molecule has 1 aliphatic heterocycles. The molecule has 0 fully saturated rings. The first kappa shape index (κ1) is 25.8. The molecule has 2 amide bonds. The predicted molar refractivity (Wildman–Crippen MR) is 132 cm³/mol.